The number of methoxy groups -OCH3 is 1. The molecular weight excluding hydrogens is 444 g/mol. The van der Waals surface area contributed by atoms with Gasteiger partial charge in [-0.15, -0.1) is 0 Å². The van der Waals surface area contributed by atoms with E-state index in [-0.39, 0.29) is 17.9 Å². The van der Waals surface area contributed by atoms with Gasteiger partial charge in [-0.3, -0.25) is 9.69 Å². The SMILES string of the molecule is COC(=O)c1ccc([C@H](C)NC(=O)C2(N(C)CCOc3cccc(Cl)c3)CCOCC2)cc1. The van der Waals surface area contributed by atoms with Gasteiger partial charge in [-0.2, -0.15) is 0 Å². The number of carbonyl (C=O) groups excluding carboxylic acids is 2. The summed E-state index contributed by atoms with van der Waals surface area (Å²) in [5.41, 5.74) is 0.696. The van der Waals surface area contributed by atoms with Gasteiger partial charge in [0, 0.05) is 24.8 Å². The van der Waals surface area contributed by atoms with Crippen LogP contribution in [0.25, 0.3) is 0 Å². The van der Waals surface area contributed by atoms with Gasteiger partial charge in [0.15, 0.2) is 0 Å². The molecule has 8 heteroatoms. The van der Waals surface area contributed by atoms with E-state index in [0.717, 1.165) is 5.56 Å². The number of benzene rings is 2. The minimum absolute atomic E-state index is 0.0411. The third-order valence-electron chi connectivity index (χ3n) is 6.14. The highest BCUT2D eigenvalue weighted by molar-refractivity contribution is 6.30. The molecule has 1 fully saturated rings. The van der Waals surface area contributed by atoms with E-state index in [1.807, 2.05) is 38.2 Å². The molecule has 33 heavy (non-hydrogen) atoms. The van der Waals surface area contributed by atoms with Gasteiger partial charge in [0.25, 0.3) is 0 Å². The maximum Gasteiger partial charge on any atom is 0.337 e. The Bertz CT molecular complexity index is 944. The smallest absolute Gasteiger partial charge is 0.337 e. The van der Waals surface area contributed by atoms with Crippen molar-refractivity contribution in [2.75, 3.05) is 40.5 Å². The molecule has 1 heterocycles. The molecule has 1 aliphatic rings. The number of amides is 1. The number of ether oxygens (including phenoxy) is 3. The fourth-order valence-corrected chi connectivity index (χ4v) is 4.18. The van der Waals surface area contributed by atoms with Crippen LogP contribution in [0.3, 0.4) is 0 Å². The molecule has 2 aromatic rings. The lowest BCUT2D eigenvalue weighted by Gasteiger charge is -2.43. The Kier molecular flexibility index (Phi) is 8.72. The second-order valence-corrected chi connectivity index (χ2v) is 8.62. The number of esters is 1. The average Bonchev–Trinajstić information content (AvgIpc) is 2.84. The maximum atomic E-state index is 13.5. The zero-order valence-corrected chi connectivity index (χ0v) is 20.1. The monoisotopic (exact) mass is 474 g/mol. The Morgan fingerprint density at radius 2 is 1.88 bits per heavy atom. The predicted octanol–water partition coefficient (Wildman–Crippen LogP) is 3.86. The number of nitrogens with one attached hydrogen (secondary N) is 1. The molecular formula is C25H31ClN2O5. The zero-order valence-electron chi connectivity index (χ0n) is 19.3. The maximum absolute atomic E-state index is 13.5. The van der Waals surface area contributed by atoms with Crippen LogP contribution in [0.15, 0.2) is 48.5 Å². The van der Waals surface area contributed by atoms with Crippen molar-refractivity contribution < 1.29 is 23.8 Å². The number of hydrogen-bond donors (Lipinski definition) is 1. The fourth-order valence-electron chi connectivity index (χ4n) is 4.00. The first-order chi connectivity index (χ1) is 15.9. The van der Waals surface area contributed by atoms with Crippen LogP contribution in [0.4, 0.5) is 0 Å². The van der Waals surface area contributed by atoms with Crippen LogP contribution >= 0.6 is 11.6 Å². The lowest BCUT2D eigenvalue weighted by atomic mass is 9.86. The van der Waals surface area contributed by atoms with Gasteiger partial charge in [-0.1, -0.05) is 29.8 Å². The highest BCUT2D eigenvalue weighted by Gasteiger charge is 2.44. The third kappa shape index (κ3) is 6.25. The highest BCUT2D eigenvalue weighted by atomic mass is 35.5. The summed E-state index contributed by atoms with van der Waals surface area (Å²) in [4.78, 5) is 27.2. The van der Waals surface area contributed by atoms with Gasteiger partial charge < -0.3 is 19.5 Å². The second-order valence-electron chi connectivity index (χ2n) is 8.18. The summed E-state index contributed by atoms with van der Waals surface area (Å²) in [6, 6.07) is 14.1. The molecule has 2 aromatic carbocycles. The molecule has 0 bridgehead atoms. The minimum atomic E-state index is -0.684. The first-order valence-electron chi connectivity index (χ1n) is 11.0. The van der Waals surface area contributed by atoms with Crippen LogP contribution in [-0.2, 0) is 14.3 Å². The number of halogens is 1. The van der Waals surface area contributed by atoms with Crippen LogP contribution in [0.2, 0.25) is 5.02 Å². The summed E-state index contributed by atoms with van der Waals surface area (Å²) in [6.45, 7) is 3.98. The topological polar surface area (TPSA) is 77.1 Å². The number of rotatable bonds is 9. The molecule has 7 nitrogen and oxygen atoms in total. The van der Waals surface area contributed by atoms with E-state index in [2.05, 4.69) is 10.2 Å². The van der Waals surface area contributed by atoms with Crippen LogP contribution in [0.1, 0.15) is 41.7 Å². The molecule has 178 valence electrons. The second kappa shape index (κ2) is 11.5. The Balaban J connectivity index is 1.64. The fraction of sp³-hybridized carbons (Fsp3) is 0.440. The molecule has 1 N–H and O–H groups in total. The molecule has 1 aliphatic heterocycles. The summed E-state index contributed by atoms with van der Waals surface area (Å²) in [7, 11) is 3.30. The third-order valence-corrected chi connectivity index (χ3v) is 6.38. The van der Waals surface area contributed by atoms with Crippen LogP contribution in [0, 0.1) is 0 Å². The quantitative estimate of drug-likeness (QED) is 0.556. The summed E-state index contributed by atoms with van der Waals surface area (Å²) in [5, 5.41) is 3.78. The number of carbonyl (C=O) groups is 2. The summed E-state index contributed by atoms with van der Waals surface area (Å²) in [6.07, 6.45) is 1.20. The van der Waals surface area contributed by atoms with Crippen molar-refractivity contribution in [1.82, 2.24) is 10.2 Å². The highest BCUT2D eigenvalue weighted by Crippen LogP contribution is 2.29. The number of hydrogen-bond acceptors (Lipinski definition) is 6. The van der Waals surface area contributed by atoms with Crippen molar-refractivity contribution in [3.05, 3.63) is 64.7 Å². The Morgan fingerprint density at radius 1 is 1.18 bits per heavy atom. The van der Waals surface area contributed by atoms with Crippen molar-refractivity contribution in [2.45, 2.75) is 31.3 Å². The Labute approximate surface area is 200 Å². The van der Waals surface area contributed by atoms with E-state index in [1.165, 1.54) is 7.11 Å². The molecule has 0 spiro atoms. The average molecular weight is 475 g/mol. The van der Waals surface area contributed by atoms with Crippen LogP contribution < -0.4 is 10.1 Å². The number of nitrogens with zero attached hydrogens (tertiary/aromatic N) is 1. The zero-order chi connectivity index (χ0) is 23.8. The molecule has 1 saturated heterocycles. The predicted molar refractivity (Wildman–Crippen MR) is 127 cm³/mol. The van der Waals surface area contributed by atoms with Gasteiger partial charge in [0.1, 0.15) is 17.9 Å². The Morgan fingerprint density at radius 3 is 2.52 bits per heavy atom. The van der Waals surface area contributed by atoms with E-state index >= 15 is 0 Å². The van der Waals surface area contributed by atoms with Crippen molar-refractivity contribution >= 4 is 23.5 Å². The first kappa shape index (κ1) is 25.0. The molecule has 1 amide bonds. The molecule has 3 rings (SSSR count). The lowest BCUT2D eigenvalue weighted by Crippen LogP contribution is -2.61. The van der Waals surface area contributed by atoms with E-state index in [4.69, 9.17) is 25.8 Å². The standard InChI is InChI=1S/C25H31ClN2O5/c1-18(19-7-9-20(10-8-19)23(29)31-3)27-24(30)25(11-14-32-15-12-25)28(2)13-16-33-22-6-4-5-21(26)17-22/h4-10,17-18H,11-16H2,1-3H3,(H,27,30)/t18-/m0/s1. The summed E-state index contributed by atoms with van der Waals surface area (Å²) >= 11 is 6.02. The van der Waals surface area contributed by atoms with Crippen molar-refractivity contribution in [1.29, 1.82) is 0 Å². The molecule has 0 saturated carbocycles. The van der Waals surface area contributed by atoms with Crippen molar-refractivity contribution in [2.24, 2.45) is 0 Å². The molecule has 0 aliphatic carbocycles. The van der Waals surface area contributed by atoms with Gasteiger partial charge in [0.2, 0.25) is 5.91 Å². The normalized spacial score (nSPS) is 16.2. The van der Waals surface area contributed by atoms with Crippen molar-refractivity contribution in [3.63, 3.8) is 0 Å². The van der Waals surface area contributed by atoms with Gasteiger partial charge >= 0.3 is 5.97 Å². The van der Waals surface area contributed by atoms with Gasteiger partial charge in [-0.25, -0.2) is 4.79 Å². The first-order valence-corrected chi connectivity index (χ1v) is 11.4. The van der Waals surface area contributed by atoms with Crippen LogP contribution in [-0.4, -0.2) is 62.8 Å². The molecule has 0 unspecified atom stereocenters. The van der Waals surface area contributed by atoms with Gasteiger partial charge in [0.05, 0.1) is 18.7 Å². The minimum Gasteiger partial charge on any atom is -0.492 e. The Hall–Kier alpha value is -2.61. The van der Waals surface area contributed by atoms with Gasteiger partial charge in [-0.05, 0) is 62.7 Å². The van der Waals surface area contributed by atoms with E-state index < -0.39 is 5.54 Å². The van der Waals surface area contributed by atoms with E-state index in [1.54, 1.807) is 24.3 Å². The largest absolute Gasteiger partial charge is 0.492 e. The summed E-state index contributed by atoms with van der Waals surface area (Å²) in [5.74, 6) is 0.270. The molecule has 1 atom stereocenters. The van der Waals surface area contributed by atoms with Crippen molar-refractivity contribution in [3.8, 4) is 5.75 Å². The number of likely N-dealkylation sites (N-methyl/N-ethyl adjacent to an activating group) is 1. The van der Waals surface area contributed by atoms with Crippen LogP contribution in [0.5, 0.6) is 5.75 Å². The van der Waals surface area contributed by atoms with E-state index in [0.29, 0.717) is 55.5 Å². The van der Waals surface area contributed by atoms with E-state index in [9.17, 15) is 9.59 Å². The molecule has 0 radical (unpaired) electrons. The summed E-state index contributed by atoms with van der Waals surface area (Å²) < 4.78 is 16.1. The molecule has 0 aromatic heterocycles. The lowest BCUT2D eigenvalue weighted by molar-refractivity contribution is -0.140.